The molecule has 1 heterocycles. The standard InChI is InChI=1S/C18H17FIN3O2S/c1-11(2)26(24,25)23-17-9-13(6-7-16(17)22-18(23)21)15(10-20)12-4-3-5-14(19)8-12/h3-11H,1-2H3,(H2,21,22). The topological polar surface area (TPSA) is 78.0 Å². The van der Waals surface area contributed by atoms with Crippen LogP contribution in [0.4, 0.5) is 10.3 Å². The maximum atomic E-state index is 13.6. The summed E-state index contributed by atoms with van der Waals surface area (Å²) in [6, 6.07) is 11.5. The van der Waals surface area contributed by atoms with Gasteiger partial charge in [0.25, 0.3) is 0 Å². The molecule has 136 valence electrons. The number of benzene rings is 2. The highest BCUT2D eigenvalue weighted by Gasteiger charge is 2.24. The summed E-state index contributed by atoms with van der Waals surface area (Å²) in [6.45, 7) is 3.18. The van der Waals surface area contributed by atoms with Crippen LogP contribution in [0, 0.1) is 5.82 Å². The third-order valence-electron chi connectivity index (χ3n) is 4.04. The number of fused-ring (bicyclic) bond motifs is 1. The predicted molar refractivity (Wildman–Crippen MR) is 111 cm³/mol. The molecule has 2 N–H and O–H groups in total. The first-order valence-corrected chi connectivity index (χ1v) is 10.6. The molecule has 1 aromatic heterocycles. The Bertz CT molecular complexity index is 1120. The smallest absolute Gasteiger partial charge is 0.244 e. The number of halogens is 2. The third kappa shape index (κ3) is 3.23. The van der Waals surface area contributed by atoms with Crippen LogP contribution in [-0.4, -0.2) is 22.6 Å². The second kappa shape index (κ2) is 6.99. The molecule has 3 rings (SSSR count). The van der Waals surface area contributed by atoms with Gasteiger partial charge >= 0.3 is 0 Å². The van der Waals surface area contributed by atoms with Crippen molar-refractivity contribution in [2.45, 2.75) is 19.1 Å². The quantitative estimate of drug-likeness (QED) is 0.563. The van der Waals surface area contributed by atoms with Crippen LogP contribution in [0.25, 0.3) is 16.6 Å². The molecule has 0 spiro atoms. The number of aromatic nitrogens is 2. The molecule has 0 saturated heterocycles. The van der Waals surface area contributed by atoms with Gasteiger partial charge in [-0.15, -0.1) is 0 Å². The van der Waals surface area contributed by atoms with E-state index in [1.807, 2.05) is 10.1 Å². The van der Waals surface area contributed by atoms with Crippen molar-refractivity contribution in [1.82, 2.24) is 8.96 Å². The zero-order chi connectivity index (χ0) is 19.1. The van der Waals surface area contributed by atoms with Gasteiger partial charge in [0.2, 0.25) is 16.0 Å². The van der Waals surface area contributed by atoms with Crippen LogP contribution < -0.4 is 5.73 Å². The van der Waals surface area contributed by atoms with Crippen molar-refractivity contribution >= 4 is 55.2 Å². The Balaban J connectivity index is 2.24. The summed E-state index contributed by atoms with van der Waals surface area (Å²) in [5.41, 5.74) is 8.99. The van der Waals surface area contributed by atoms with E-state index < -0.39 is 15.3 Å². The van der Waals surface area contributed by atoms with Gasteiger partial charge in [0.15, 0.2) is 0 Å². The molecular weight excluding hydrogens is 468 g/mol. The molecule has 0 saturated carbocycles. The minimum atomic E-state index is -3.66. The van der Waals surface area contributed by atoms with Crippen molar-refractivity contribution in [2.75, 3.05) is 5.73 Å². The number of rotatable bonds is 4. The van der Waals surface area contributed by atoms with Gasteiger partial charge in [-0.1, -0.05) is 40.8 Å². The summed E-state index contributed by atoms with van der Waals surface area (Å²) < 4.78 is 41.9. The Morgan fingerprint density at radius 2 is 1.92 bits per heavy atom. The van der Waals surface area contributed by atoms with Gasteiger partial charge in [-0.05, 0) is 58.9 Å². The summed E-state index contributed by atoms with van der Waals surface area (Å²) >= 11 is 2.08. The third-order valence-corrected chi connectivity index (χ3v) is 6.75. The molecule has 26 heavy (non-hydrogen) atoms. The maximum Gasteiger partial charge on any atom is 0.244 e. The number of hydrogen-bond acceptors (Lipinski definition) is 4. The zero-order valence-corrected chi connectivity index (χ0v) is 17.1. The molecule has 0 bridgehead atoms. The normalized spacial score (nSPS) is 12.9. The van der Waals surface area contributed by atoms with E-state index in [0.29, 0.717) is 16.6 Å². The summed E-state index contributed by atoms with van der Waals surface area (Å²) in [5, 5.41) is -0.645. The van der Waals surface area contributed by atoms with E-state index >= 15 is 0 Å². The van der Waals surface area contributed by atoms with Gasteiger partial charge < -0.3 is 5.73 Å². The van der Waals surface area contributed by atoms with Gasteiger partial charge in [-0.25, -0.2) is 21.8 Å². The van der Waals surface area contributed by atoms with Crippen molar-refractivity contribution in [3.63, 3.8) is 0 Å². The van der Waals surface area contributed by atoms with E-state index in [1.54, 1.807) is 38.1 Å². The number of nitrogens with two attached hydrogens (primary N) is 1. The summed E-state index contributed by atoms with van der Waals surface area (Å²) in [6.07, 6.45) is 0. The van der Waals surface area contributed by atoms with Crippen molar-refractivity contribution < 1.29 is 12.8 Å². The molecule has 0 amide bonds. The fraction of sp³-hybridized carbons (Fsp3) is 0.167. The second-order valence-corrected chi connectivity index (χ2v) is 9.03. The first-order valence-electron chi connectivity index (χ1n) is 7.84. The Morgan fingerprint density at radius 3 is 2.54 bits per heavy atom. The molecule has 0 atom stereocenters. The molecule has 8 heteroatoms. The summed E-state index contributed by atoms with van der Waals surface area (Å²) in [5.74, 6) is -0.410. The van der Waals surface area contributed by atoms with E-state index in [2.05, 4.69) is 27.6 Å². The lowest BCUT2D eigenvalue weighted by atomic mass is 9.99. The molecule has 5 nitrogen and oxygen atoms in total. The van der Waals surface area contributed by atoms with Gasteiger partial charge in [0, 0.05) is 0 Å². The maximum absolute atomic E-state index is 13.6. The van der Waals surface area contributed by atoms with Crippen molar-refractivity contribution in [1.29, 1.82) is 0 Å². The molecule has 0 radical (unpaired) electrons. The lowest BCUT2D eigenvalue weighted by Crippen LogP contribution is -2.23. The van der Waals surface area contributed by atoms with Gasteiger partial charge in [-0.2, -0.15) is 0 Å². The van der Waals surface area contributed by atoms with Gasteiger partial charge in [-0.3, -0.25) is 0 Å². The van der Waals surface area contributed by atoms with Crippen LogP contribution in [0.1, 0.15) is 25.0 Å². The molecule has 2 aromatic carbocycles. The molecule has 0 aliphatic rings. The van der Waals surface area contributed by atoms with E-state index in [4.69, 9.17) is 5.73 Å². The van der Waals surface area contributed by atoms with Gasteiger partial charge in [0.1, 0.15) is 5.82 Å². The minimum absolute atomic E-state index is 0.0726. The summed E-state index contributed by atoms with van der Waals surface area (Å²) in [4.78, 5) is 4.16. The van der Waals surface area contributed by atoms with Crippen molar-refractivity contribution in [3.05, 3.63) is 63.5 Å². The molecule has 0 unspecified atom stereocenters. The molecule has 0 aliphatic carbocycles. The fourth-order valence-electron chi connectivity index (χ4n) is 2.67. The Morgan fingerprint density at radius 1 is 1.23 bits per heavy atom. The van der Waals surface area contributed by atoms with E-state index in [-0.39, 0.29) is 11.8 Å². The van der Waals surface area contributed by atoms with Crippen molar-refractivity contribution in [2.24, 2.45) is 0 Å². The van der Waals surface area contributed by atoms with Crippen LogP contribution in [0.3, 0.4) is 0 Å². The first kappa shape index (κ1) is 18.8. The highest BCUT2D eigenvalue weighted by atomic mass is 127. The number of hydrogen-bond donors (Lipinski definition) is 1. The lowest BCUT2D eigenvalue weighted by Gasteiger charge is -2.12. The second-order valence-electron chi connectivity index (χ2n) is 6.06. The Kier molecular flexibility index (Phi) is 5.07. The predicted octanol–water partition coefficient (Wildman–Crippen LogP) is 4.17. The molecule has 0 aliphatic heterocycles. The average Bonchev–Trinajstić information content (AvgIpc) is 2.91. The van der Waals surface area contributed by atoms with Crippen LogP contribution >= 0.6 is 22.6 Å². The lowest BCUT2D eigenvalue weighted by molar-refractivity contribution is 0.580. The van der Waals surface area contributed by atoms with Crippen molar-refractivity contribution in [3.8, 4) is 0 Å². The summed E-state index contributed by atoms with van der Waals surface area (Å²) in [7, 11) is -3.66. The first-order chi connectivity index (χ1) is 12.3. The number of anilines is 1. The number of nitrogen functional groups attached to an aromatic ring is 1. The highest BCUT2D eigenvalue weighted by molar-refractivity contribution is 14.1. The Hall–Kier alpha value is -1.94. The fourth-order valence-corrected chi connectivity index (χ4v) is 4.53. The van der Waals surface area contributed by atoms with Gasteiger partial charge in [0.05, 0.1) is 16.3 Å². The van der Waals surface area contributed by atoms with Crippen LogP contribution in [0.5, 0.6) is 0 Å². The van der Waals surface area contributed by atoms with Crippen LogP contribution in [0.15, 0.2) is 46.5 Å². The SMILES string of the molecule is CC(C)S(=O)(=O)n1c(N)nc2ccc(C(=CI)c3cccc(F)c3)cc21. The number of imidazole rings is 1. The van der Waals surface area contributed by atoms with Crippen LogP contribution in [-0.2, 0) is 10.0 Å². The highest BCUT2D eigenvalue weighted by Crippen LogP contribution is 2.30. The van der Waals surface area contributed by atoms with E-state index in [1.165, 1.54) is 12.1 Å². The molecule has 3 aromatic rings. The largest absolute Gasteiger partial charge is 0.368 e. The molecule has 0 fully saturated rings. The average molecular weight is 485 g/mol. The van der Waals surface area contributed by atoms with E-state index in [0.717, 1.165) is 15.1 Å². The molecular formula is C18H17FIN3O2S. The monoisotopic (exact) mass is 485 g/mol. The number of nitrogens with zero attached hydrogens (tertiary/aromatic N) is 2. The van der Waals surface area contributed by atoms with Crippen LogP contribution in [0.2, 0.25) is 0 Å². The zero-order valence-electron chi connectivity index (χ0n) is 14.1. The van der Waals surface area contributed by atoms with E-state index in [9.17, 15) is 12.8 Å². The Labute approximate surface area is 164 Å². The minimum Gasteiger partial charge on any atom is -0.368 e.